The van der Waals surface area contributed by atoms with Crippen molar-refractivity contribution in [2.75, 3.05) is 5.32 Å². The minimum absolute atomic E-state index is 0.0307. The van der Waals surface area contributed by atoms with Gasteiger partial charge < -0.3 is 15.4 Å². The third-order valence-corrected chi connectivity index (χ3v) is 3.38. The van der Waals surface area contributed by atoms with Crippen LogP contribution in [-0.4, -0.2) is 23.6 Å². The van der Waals surface area contributed by atoms with E-state index in [1.807, 2.05) is 13.8 Å². The van der Waals surface area contributed by atoms with Gasteiger partial charge in [-0.05, 0) is 51.3 Å². The molecule has 1 aromatic rings. The van der Waals surface area contributed by atoms with Crippen molar-refractivity contribution in [3.05, 3.63) is 28.5 Å². The van der Waals surface area contributed by atoms with Crippen molar-refractivity contribution in [2.24, 2.45) is 5.92 Å². The highest BCUT2D eigenvalue weighted by Crippen LogP contribution is 2.19. The Morgan fingerprint density at radius 2 is 1.92 bits per heavy atom. The minimum Gasteiger partial charge on any atom is -0.458 e. The van der Waals surface area contributed by atoms with E-state index in [1.54, 1.807) is 26.8 Å². The summed E-state index contributed by atoms with van der Waals surface area (Å²) in [4.78, 5) is 24.4. The fourth-order valence-electron chi connectivity index (χ4n) is 1.97. The van der Waals surface area contributed by atoms with Gasteiger partial charge in [0.25, 0.3) is 0 Å². The van der Waals surface area contributed by atoms with Crippen molar-refractivity contribution < 1.29 is 18.7 Å². The third kappa shape index (κ3) is 7.29. The fourth-order valence-corrected chi connectivity index (χ4v) is 2.30. The van der Waals surface area contributed by atoms with E-state index in [-0.39, 0.29) is 11.6 Å². The number of urea groups is 1. The summed E-state index contributed by atoms with van der Waals surface area (Å²) in [5, 5.41) is 4.96. The van der Waals surface area contributed by atoms with E-state index >= 15 is 0 Å². The summed E-state index contributed by atoms with van der Waals surface area (Å²) >= 11 is 3.15. The van der Waals surface area contributed by atoms with Gasteiger partial charge in [0.2, 0.25) is 0 Å². The smallest absolute Gasteiger partial charge is 0.329 e. The Morgan fingerprint density at radius 1 is 1.29 bits per heavy atom. The number of rotatable bonds is 5. The lowest BCUT2D eigenvalue weighted by molar-refractivity contribution is -0.157. The summed E-state index contributed by atoms with van der Waals surface area (Å²) in [5.74, 6) is -0.910. The van der Waals surface area contributed by atoms with Crippen molar-refractivity contribution in [1.29, 1.82) is 0 Å². The SMILES string of the molecule is CC(C)C[C@H](NC(=O)Nc1ccc(Br)cc1F)C(=O)OC(C)(C)C. The van der Waals surface area contributed by atoms with Crippen molar-refractivity contribution in [1.82, 2.24) is 5.32 Å². The summed E-state index contributed by atoms with van der Waals surface area (Å²) in [6.07, 6.45) is 0.422. The summed E-state index contributed by atoms with van der Waals surface area (Å²) < 4.78 is 19.7. The summed E-state index contributed by atoms with van der Waals surface area (Å²) in [7, 11) is 0. The van der Waals surface area contributed by atoms with Crippen LogP contribution >= 0.6 is 15.9 Å². The number of ether oxygens (including phenoxy) is 1. The van der Waals surface area contributed by atoms with E-state index in [2.05, 4.69) is 26.6 Å². The number of hydrogen-bond acceptors (Lipinski definition) is 3. The second-order valence-electron chi connectivity index (χ2n) is 6.94. The Balaban J connectivity index is 2.78. The van der Waals surface area contributed by atoms with Crippen LogP contribution in [0, 0.1) is 11.7 Å². The summed E-state index contributed by atoms with van der Waals surface area (Å²) in [6.45, 7) is 9.15. The number of halogens is 2. The van der Waals surface area contributed by atoms with E-state index < -0.39 is 29.5 Å². The second-order valence-corrected chi connectivity index (χ2v) is 7.85. The predicted octanol–water partition coefficient (Wildman–Crippen LogP) is 4.47. The lowest BCUT2D eigenvalue weighted by Gasteiger charge is -2.25. The van der Waals surface area contributed by atoms with E-state index in [4.69, 9.17) is 4.74 Å². The Hall–Kier alpha value is -1.63. The third-order valence-electron chi connectivity index (χ3n) is 2.88. The van der Waals surface area contributed by atoms with Crippen LogP contribution in [0.25, 0.3) is 0 Å². The zero-order valence-electron chi connectivity index (χ0n) is 14.6. The largest absolute Gasteiger partial charge is 0.458 e. The fraction of sp³-hybridized carbons (Fsp3) is 0.529. The predicted molar refractivity (Wildman–Crippen MR) is 95.3 cm³/mol. The molecule has 0 aliphatic carbocycles. The molecular weight excluding hydrogens is 379 g/mol. The van der Waals surface area contributed by atoms with Gasteiger partial charge in [-0.15, -0.1) is 0 Å². The molecule has 0 saturated carbocycles. The molecule has 2 amide bonds. The number of nitrogens with one attached hydrogen (secondary N) is 2. The number of benzene rings is 1. The maximum absolute atomic E-state index is 13.8. The Bertz CT molecular complexity index is 600. The number of esters is 1. The van der Waals surface area contributed by atoms with Gasteiger partial charge in [0.1, 0.15) is 17.5 Å². The van der Waals surface area contributed by atoms with Gasteiger partial charge in [-0.2, -0.15) is 0 Å². The molecule has 24 heavy (non-hydrogen) atoms. The van der Waals surface area contributed by atoms with Crippen molar-refractivity contribution in [3.63, 3.8) is 0 Å². The van der Waals surface area contributed by atoms with Gasteiger partial charge in [-0.25, -0.2) is 14.0 Å². The van der Waals surface area contributed by atoms with Crippen molar-refractivity contribution in [3.8, 4) is 0 Å². The van der Waals surface area contributed by atoms with Crippen LogP contribution in [0.2, 0.25) is 0 Å². The van der Waals surface area contributed by atoms with Crippen LogP contribution in [-0.2, 0) is 9.53 Å². The minimum atomic E-state index is -0.803. The average molecular weight is 403 g/mol. The van der Waals surface area contributed by atoms with Crippen LogP contribution < -0.4 is 10.6 Å². The Labute approximate surface area is 150 Å². The van der Waals surface area contributed by atoms with Gasteiger partial charge in [0.05, 0.1) is 5.69 Å². The highest BCUT2D eigenvalue weighted by molar-refractivity contribution is 9.10. The monoisotopic (exact) mass is 402 g/mol. The summed E-state index contributed by atoms with van der Waals surface area (Å²) in [6, 6.07) is 2.83. The van der Waals surface area contributed by atoms with Crippen LogP contribution in [0.3, 0.4) is 0 Å². The average Bonchev–Trinajstić information content (AvgIpc) is 2.38. The number of carbonyl (C=O) groups is 2. The molecule has 0 fully saturated rings. The molecule has 0 bridgehead atoms. The number of amides is 2. The van der Waals surface area contributed by atoms with Crippen LogP contribution in [0.4, 0.5) is 14.9 Å². The second kappa shape index (κ2) is 8.46. The van der Waals surface area contributed by atoms with E-state index in [1.165, 1.54) is 12.1 Å². The van der Waals surface area contributed by atoms with E-state index in [0.29, 0.717) is 10.9 Å². The molecule has 0 heterocycles. The molecular formula is C17H24BrFN2O3. The molecule has 134 valence electrons. The number of anilines is 1. The molecule has 7 heteroatoms. The summed E-state index contributed by atoms with van der Waals surface area (Å²) in [5.41, 5.74) is -0.620. The van der Waals surface area contributed by atoms with Crippen LogP contribution in [0.1, 0.15) is 41.0 Å². The van der Waals surface area contributed by atoms with E-state index in [9.17, 15) is 14.0 Å². The van der Waals surface area contributed by atoms with Crippen molar-refractivity contribution in [2.45, 2.75) is 52.7 Å². The normalized spacial score (nSPS) is 12.7. The molecule has 0 aliphatic heterocycles. The first-order valence-corrected chi connectivity index (χ1v) is 8.52. The first-order valence-electron chi connectivity index (χ1n) is 7.73. The lowest BCUT2D eigenvalue weighted by atomic mass is 10.0. The molecule has 0 aliphatic rings. The maximum atomic E-state index is 13.8. The van der Waals surface area contributed by atoms with E-state index in [0.717, 1.165) is 0 Å². The Morgan fingerprint density at radius 3 is 2.42 bits per heavy atom. The number of carbonyl (C=O) groups excluding carboxylic acids is 2. The topological polar surface area (TPSA) is 67.4 Å². The molecule has 1 aromatic carbocycles. The van der Waals surface area contributed by atoms with Crippen molar-refractivity contribution >= 4 is 33.6 Å². The standard InChI is InChI=1S/C17H24BrFN2O3/c1-10(2)8-14(15(22)24-17(3,4)5)21-16(23)20-13-7-6-11(18)9-12(13)19/h6-7,9-10,14H,8H2,1-5H3,(H2,20,21,23)/t14-/m0/s1. The number of hydrogen-bond donors (Lipinski definition) is 2. The highest BCUT2D eigenvalue weighted by Gasteiger charge is 2.27. The molecule has 1 atom stereocenters. The maximum Gasteiger partial charge on any atom is 0.329 e. The molecule has 0 spiro atoms. The molecule has 1 rings (SSSR count). The molecule has 2 N–H and O–H groups in total. The molecule has 5 nitrogen and oxygen atoms in total. The zero-order chi connectivity index (χ0) is 18.5. The molecule has 0 radical (unpaired) electrons. The highest BCUT2D eigenvalue weighted by atomic mass is 79.9. The quantitative estimate of drug-likeness (QED) is 0.713. The molecule has 0 aromatic heterocycles. The lowest BCUT2D eigenvalue weighted by Crippen LogP contribution is -2.46. The first kappa shape index (κ1) is 20.4. The molecule has 0 unspecified atom stereocenters. The van der Waals surface area contributed by atoms with Gasteiger partial charge in [0.15, 0.2) is 0 Å². The van der Waals surface area contributed by atoms with Gasteiger partial charge in [0, 0.05) is 4.47 Å². The Kier molecular flexibility index (Phi) is 7.20. The van der Waals surface area contributed by atoms with Gasteiger partial charge >= 0.3 is 12.0 Å². The van der Waals surface area contributed by atoms with Crippen LogP contribution in [0.5, 0.6) is 0 Å². The van der Waals surface area contributed by atoms with Gasteiger partial charge in [-0.3, -0.25) is 0 Å². The van der Waals surface area contributed by atoms with Gasteiger partial charge in [-0.1, -0.05) is 29.8 Å². The zero-order valence-corrected chi connectivity index (χ0v) is 16.2. The first-order chi connectivity index (χ1) is 11.0. The van der Waals surface area contributed by atoms with Crippen LogP contribution in [0.15, 0.2) is 22.7 Å². The molecule has 0 saturated heterocycles.